The smallest absolute Gasteiger partial charge is 0.126 e. The zero-order valence-electron chi connectivity index (χ0n) is 15.0. The number of nitrogens with one attached hydrogen (secondary N) is 2. The van der Waals surface area contributed by atoms with Gasteiger partial charge in [-0.05, 0) is 35.4 Å². The van der Waals surface area contributed by atoms with Gasteiger partial charge in [-0.2, -0.15) is 5.10 Å². The van der Waals surface area contributed by atoms with Gasteiger partial charge in [-0.1, -0.05) is 42.5 Å². The molecular weight excluding hydrogens is 336 g/mol. The molecule has 0 aliphatic heterocycles. The van der Waals surface area contributed by atoms with Gasteiger partial charge in [0.15, 0.2) is 0 Å². The number of aromatic nitrogens is 3. The lowest BCUT2D eigenvalue weighted by Gasteiger charge is -2.09. The number of hydrogen-bond acceptors (Lipinski definition) is 4. The summed E-state index contributed by atoms with van der Waals surface area (Å²) in [4.78, 5) is 4.43. The summed E-state index contributed by atoms with van der Waals surface area (Å²) in [7, 11) is 1.67. The normalized spacial score (nSPS) is 10.6. The Balaban J connectivity index is 1.54. The average molecular weight is 356 g/mol. The van der Waals surface area contributed by atoms with Gasteiger partial charge in [0, 0.05) is 23.9 Å². The van der Waals surface area contributed by atoms with Gasteiger partial charge >= 0.3 is 0 Å². The topological polar surface area (TPSA) is 62.8 Å². The van der Waals surface area contributed by atoms with Crippen molar-refractivity contribution in [3.63, 3.8) is 0 Å². The second-order valence-corrected chi connectivity index (χ2v) is 6.16. The first-order valence-electron chi connectivity index (χ1n) is 8.75. The molecule has 0 spiro atoms. The number of methoxy groups -OCH3 is 1. The Morgan fingerprint density at radius 3 is 2.56 bits per heavy atom. The van der Waals surface area contributed by atoms with Crippen LogP contribution in [0.25, 0.3) is 22.4 Å². The number of ether oxygens (including phenoxy) is 1. The minimum Gasteiger partial charge on any atom is -0.497 e. The number of aromatic amines is 1. The Labute approximate surface area is 158 Å². The van der Waals surface area contributed by atoms with Crippen LogP contribution in [-0.2, 0) is 6.54 Å². The summed E-state index contributed by atoms with van der Waals surface area (Å²) < 4.78 is 5.20. The number of rotatable bonds is 6. The van der Waals surface area contributed by atoms with Crippen LogP contribution in [0.15, 0.2) is 79.1 Å². The molecule has 0 aliphatic rings. The lowest BCUT2D eigenvalue weighted by Crippen LogP contribution is -2.01. The van der Waals surface area contributed by atoms with Gasteiger partial charge in [0.25, 0.3) is 0 Å². The number of benzene rings is 2. The van der Waals surface area contributed by atoms with Crippen LogP contribution in [-0.4, -0.2) is 22.3 Å². The molecule has 0 radical (unpaired) electrons. The first-order valence-corrected chi connectivity index (χ1v) is 8.75. The van der Waals surface area contributed by atoms with E-state index in [9.17, 15) is 0 Å². The van der Waals surface area contributed by atoms with Crippen molar-refractivity contribution in [2.75, 3.05) is 12.4 Å². The third-order valence-electron chi connectivity index (χ3n) is 4.41. The monoisotopic (exact) mass is 356 g/mol. The van der Waals surface area contributed by atoms with Crippen molar-refractivity contribution in [1.29, 1.82) is 0 Å². The molecule has 2 aromatic carbocycles. The van der Waals surface area contributed by atoms with E-state index in [-0.39, 0.29) is 0 Å². The third kappa shape index (κ3) is 3.82. The fourth-order valence-corrected chi connectivity index (χ4v) is 2.96. The highest BCUT2D eigenvalue weighted by Crippen LogP contribution is 2.30. The van der Waals surface area contributed by atoms with Gasteiger partial charge in [-0.3, -0.25) is 5.10 Å². The van der Waals surface area contributed by atoms with Gasteiger partial charge in [-0.25, -0.2) is 4.98 Å². The Bertz CT molecular complexity index is 1010. The third-order valence-corrected chi connectivity index (χ3v) is 4.41. The predicted octanol–water partition coefficient (Wildman–Crippen LogP) is 4.76. The van der Waals surface area contributed by atoms with E-state index < -0.39 is 0 Å². The summed E-state index contributed by atoms with van der Waals surface area (Å²) in [6.07, 6.45) is 3.67. The van der Waals surface area contributed by atoms with Crippen LogP contribution in [0.5, 0.6) is 5.75 Å². The summed E-state index contributed by atoms with van der Waals surface area (Å²) in [5.41, 5.74) is 5.39. The first-order chi connectivity index (χ1) is 13.3. The number of nitrogens with zero attached hydrogens (tertiary/aromatic N) is 2. The van der Waals surface area contributed by atoms with Crippen molar-refractivity contribution < 1.29 is 4.74 Å². The highest BCUT2D eigenvalue weighted by molar-refractivity contribution is 5.81. The molecule has 0 saturated heterocycles. The van der Waals surface area contributed by atoms with E-state index in [0.29, 0.717) is 6.54 Å². The summed E-state index contributed by atoms with van der Waals surface area (Å²) in [6, 6.07) is 22.2. The van der Waals surface area contributed by atoms with E-state index in [2.05, 4.69) is 32.6 Å². The Hall–Kier alpha value is -3.60. The number of pyridine rings is 1. The summed E-state index contributed by atoms with van der Waals surface area (Å²) >= 11 is 0. The Morgan fingerprint density at radius 2 is 1.78 bits per heavy atom. The van der Waals surface area contributed by atoms with Crippen molar-refractivity contribution in [2.24, 2.45) is 0 Å². The maximum absolute atomic E-state index is 5.20. The zero-order valence-corrected chi connectivity index (χ0v) is 15.0. The molecule has 0 amide bonds. The number of hydrogen-bond donors (Lipinski definition) is 2. The molecule has 5 heteroatoms. The molecule has 27 heavy (non-hydrogen) atoms. The minimum absolute atomic E-state index is 0.692. The lowest BCUT2D eigenvalue weighted by atomic mass is 10.0. The van der Waals surface area contributed by atoms with E-state index in [1.807, 2.05) is 67.0 Å². The molecule has 0 aliphatic carbocycles. The van der Waals surface area contributed by atoms with Crippen LogP contribution < -0.4 is 10.1 Å². The fourth-order valence-electron chi connectivity index (χ4n) is 2.96. The molecule has 134 valence electrons. The zero-order chi connectivity index (χ0) is 18.5. The molecule has 2 aromatic heterocycles. The highest BCUT2D eigenvalue weighted by Gasteiger charge is 2.10. The molecule has 0 unspecified atom stereocenters. The quantitative estimate of drug-likeness (QED) is 0.523. The van der Waals surface area contributed by atoms with Gasteiger partial charge in [0.05, 0.1) is 19.0 Å². The van der Waals surface area contributed by atoms with E-state index in [1.54, 1.807) is 7.11 Å². The lowest BCUT2D eigenvalue weighted by molar-refractivity contribution is 0.414. The molecule has 2 N–H and O–H groups in total. The van der Waals surface area contributed by atoms with Crippen LogP contribution in [0.3, 0.4) is 0 Å². The Morgan fingerprint density at radius 1 is 0.963 bits per heavy atom. The van der Waals surface area contributed by atoms with Crippen LogP contribution >= 0.6 is 0 Å². The standard InChI is InChI=1S/C22H20N4O/c1-27-19-9-7-16(8-10-19)14-24-21-13-18(11-12-23-21)20-15-25-26-22(20)17-5-3-2-4-6-17/h2-13,15H,14H2,1H3,(H,23,24)(H,25,26). The average Bonchev–Trinajstić information content (AvgIpc) is 3.23. The number of H-pyrrole nitrogens is 1. The van der Waals surface area contributed by atoms with Crippen molar-refractivity contribution in [3.05, 3.63) is 84.7 Å². The second-order valence-electron chi connectivity index (χ2n) is 6.16. The van der Waals surface area contributed by atoms with Gasteiger partial charge in [-0.15, -0.1) is 0 Å². The predicted molar refractivity (Wildman–Crippen MR) is 108 cm³/mol. The largest absolute Gasteiger partial charge is 0.497 e. The Kier molecular flexibility index (Phi) is 4.83. The van der Waals surface area contributed by atoms with Crippen LogP contribution in [0.2, 0.25) is 0 Å². The minimum atomic E-state index is 0.692. The van der Waals surface area contributed by atoms with Crippen molar-refractivity contribution in [2.45, 2.75) is 6.54 Å². The summed E-state index contributed by atoms with van der Waals surface area (Å²) in [5.74, 6) is 1.68. The van der Waals surface area contributed by atoms with Crippen LogP contribution in [0.1, 0.15) is 5.56 Å². The highest BCUT2D eigenvalue weighted by atomic mass is 16.5. The maximum Gasteiger partial charge on any atom is 0.126 e. The van der Waals surface area contributed by atoms with Gasteiger partial charge in [0.2, 0.25) is 0 Å². The first kappa shape index (κ1) is 16.8. The molecule has 5 nitrogen and oxygen atoms in total. The molecule has 0 atom stereocenters. The fraction of sp³-hybridized carbons (Fsp3) is 0.0909. The van der Waals surface area contributed by atoms with E-state index in [4.69, 9.17) is 4.74 Å². The van der Waals surface area contributed by atoms with Crippen LogP contribution in [0.4, 0.5) is 5.82 Å². The van der Waals surface area contributed by atoms with Crippen molar-refractivity contribution >= 4 is 5.82 Å². The van der Waals surface area contributed by atoms with E-state index in [1.165, 1.54) is 0 Å². The number of anilines is 1. The molecule has 4 rings (SSSR count). The van der Waals surface area contributed by atoms with Crippen molar-refractivity contribution in [1.82, 2.24) is 15.2 Å². The molecule has 0 fully saturated rings. The molecule has 2 heterocycles. The molecular formula is C22H20N4O. The van der Waals surface area contributed by atoms with E-state index in [0.717, 1.165) is 39.5 Å². The maximum atomic E-state index is 5.20. The van der Waals surface area contributed by atoms with E-state index >= 15 is 0 Å². The summed E-state index contributed by atoms with van der Waals surface area (Å²) in [6.45, 7) is 0.692. The van der Waals surface area contributed by atoms with Gasteiger partial charge < -0.3 is 10.1 Å². The molecule has 4 aromatic rings. The van der Waals surface area contributed by atoms with Gasteiger partial charge in [0.1, 0.15) is 11.6 Å². The van der Waals surface area contributed by atoms with Crippen molar-refractivity contribution in [3.8, 4) is 28.1 Å². The second kappa shape index (κ2) is 7.74. The summed E-state index contributed by atoms with van der Waals surface area (Å²) in [5, 5.41) is 10.7. The molecule has 0 bridgehead atoms. The SMILES string of the molecule is COc1ccc(CNc2cc(-c3cn[nH]c3-c3ccccc3)ccn2)cc1. The molecule has 0 saturated carbocycles. The van der Waals surface area contributed by atoms with Crippen LogP contribution in [0, 0.1) is 0 Å².